The van der Waals surface area contributed by atoms with E-state index in [0.717, 1.165) is 37.0 Å². The lowest BCUT2D eigenvalue weighted by atomic mass is 10.1. The minimum Gasteiger partial charge on any atom is -0.484 e. The maximum atomic E-state index is 13.0. The molecule has 4 aromatic rings. The van der Waals surface area contributed by atoms with Crippen LogP contribution in [0, 0.1) is 5.82 Å². The fourth-order valence-electron chi connectivity index (χ4n) is 3.80. The van der Waals surface area contributed by atoms with E-state index in [1.54, 1.807) is 12.1 Å². The molecule has 0 spiro atoms. The van der Waals surface area contributed by atoms with Crippen molar-refractivity contribution in [3.63, 3.8) is 0 Å². The monoisotopic (exact) mass is 404 g/mol. The summed E-state index contributed by atoms with van der Waals surface area (Å²) in [4.78, 5) is 6.94. The van der Waals surface area contributed by atoms with E-state index in [9.17, 15) is 4.39 Å². The molecule has 0 bridgehead atoms. The van der Waals surface area contributed by atoms with Crippen LogP contribution in [0.15, 0.2) is 65.2 Å². The molecule has 2 aromatic carbocycles. The summed E-state index contributed by atoms with van der Waals surface area (Å²) in [5.74, 6) is 1.55. The first-order valence-electron chi connectivity index (χ1n) is 9.99. The topological polar surface area (TPSA) is 64.3 Å². The van der Waals surface area contributed by atoms with Gasteiger partial charge < -0.3 is 9.15 Å². The zero-order valence-corrected chi connectivity index (χ0v) is 16.4. The summed E-state index contributed by atoms with van der Waals surface area (Å²) in [6.07, 6.45) is 2.93. The summed E-state index contributed by atoms with van der Waals surface area (Å²) in [6.45, 7) is 2.86. The SMILES string of the molecule is Fc1ccc(OCc2nnc(C3CCN(Cc4cnc5ccccc5c4)C3)o2)cc1. The molecule has 5 rings (SSSR count). The van der Waals surface area contributed by atoms with Crippen molar-refractivity contribution in [3.05, 3.63) is 84.0 Å². The van der Waals surface area contributed by atoms with E-state index in [1.807, 2.05) is 24.4 Å². The van der Waals surface area contributed by atoms with E-state index >= 15 is 0 Å². The van der Waals surface area contributed by atoms with Crippen molar-refractivity contribution in [2.45, 2.75) is 25.5 Å². The molecule has 30 heavy (non-hydrogen) atoms. The Kier molecular flexibility index (Phi) is 5.11. The first kappa shape index (κ1) is 18.7. The molecule has 1 unspecified atom stereocenters. The summed E-state index contributed by atoms with van der Waals surface area (Å²) in [7, 11) is 0. The molecule has 0 saturated carbocycles. The van der Waals surface area contributed by atoms with Crippen molar-refractivity contribution in [3.8, 4) is 5.75 Å². The number of fused-ring (bicyclic) bond motifs is 1. The highest BCUT2D eigenvalue weighted by Gasteiger charge is 2.28. The van der Waals surface area contributed by atoms with Gasteiger partial charge in [0.25, 0.3) is 5.89 Å². The van der Waals surface area contributed by atoms with Crippen LogP contribution in [0.1, 0.15) is 29.7 Å². The fourth-order valence-corrected chi connectivity index (χ4v) is 3.80. The normalized spacial score (nSPS) is 16.9. The van der Waals surface area contributed by atoms with Crippen molar-refractivity contribution >= 4 is 10.9 Å². The van der Waals surface area contributed by atoms with E-state index in [1.165, 1.54) is 17.7 Å². The molecule has 2 aromatic heterocycles. The summed E-state index contributed by atoms with van der Waals surface area (Å²) < 4.78 is 24.3. The van der Waals surface area contributed by atoms with E-state index < -0.39 is 0 Å². The quantitative estimate of drug-likeness (QED) is 0.477. The number of nitrogens with zero attached hydrogens (tertiary/aromatic N) is 4. The number of hydrogen-bond acceptors (Lipinski definition) is 6. The molecule has 0 aliphatic carbocycles. The number of rotatable bonds is 6. The van der Waals surface area contributed by atoms with E-state index in [-0.39, 0.29) is 18.3 Å². The van der Waals surface area contributed by atoms with Gasteiger partial charge in [-0.15, -0.1) is 10.2 Å². The molecule has 7 heteroatoms. The van der Waals surface area contributed by atoms with Gasteiger partial charge in [0.15, 0.2) is 6.61 Å². The highest BCUT2D eigenvalue weighted by Crippen LogP contribution is 2.28. The first-order chi connectivity index (χ1) is 14.7. The van der Waals surface area contributed by atoms with E-state index in [2.05, 4.69) is 32.2 Å². The number of hydrogen-bond donors (Lipinski definition) is 0. The molecular weight excluding hydrogens is 383 g/mol. The van der Waals surface area contributed by atoms with Gasteiger partial charge >= 0.3 is 0 Å². The highest BCUT2D eigenvalue weighted by atomic mass is 19.1. The van der Waals surface area contributed by atoms with E-state index in [0.29, 0.717) is 17.5 Å². The second-order valence-corrected chi connectivity index (χ2v) is 7.53. The van der Waals surface area contributed by atoms with Crippen LogP contribution in [0.25, 0.3) is 10.9 Å². The Labute approximate surface area is 173 Å². The molecule has 0 amide bonds. The Hall–Kier alpha value is -3.32. The van der Waals surface area contributed by atoms with Gasteiger partial charge in [0.1, 0.15) is 11.6 Å². The molecule has 1 saturated heterocycles. The predicted molar refractivity (Wildman–Crippen MR) is 109 cm³/mol. The van der Waals surface area contributed by atoms with Gasteiger partial charge in [0.2, 0.25) is 5.89 Å². The van der Waals surface area contributed by atoms with Crippen LogP contribution in [0.2, 0.25) is 0 Å². The largest absolute Gasteiger partial charge is 0.484 e. The number of pyridine rings is 1. The lowest BCUT2D eigenvalue weighted by Gasteiger charge is -2.15. The third-order valence-electron chi connectivity index (χ3n) is 5.33. The number of halogens is 1. The lowest BCUT2D eigenvalue weighted by Crippen LogP contribution is -2.19. The molecule has 1 atom stereocenters. The third kappa shape index (κ3) is 4.16. The second kappa shape index (κ2) is 8.20. The van der Waals surface area contributed by atoms with Crippen LogP contribution >= 0.6 is 0 Å². The molecule has 0 N–H and O–H groups in total. The van der Waals surface area contributed by atoms with Crippen LogP contribution in [-0.4, -0.2) is 33.2 Å². The van der Waals surface area contributed by atoms with Crippen LogP contribution in [0.3, 0.4) is 0 Å². The number of benzene rings is 2. The van der Waals surface area contributed by atoms with Crippen molar-refractivity contribution in [2.24, 2.45) is 0 Å². The average molecular weight is 404 g/mol. The summed E-state index contributed by atoms with van der Waals surface area (Å²) in [6, 6.07) is 16.2. The van der Waals surface area contributed by atoms with Crippen LogP contribution in [0.4, 0.5) is 4.39 Å². The van der Waals surface area contributed by atoms with Gasteiger partial charge in [-0.1, -0.05) is 18.2 Å². The van der Waals surface area contributed by atoms with Crippen molar-refractivity contribution in [1.29, 1.82) is 0 Å². The lowest BCUT2D eigenvalue weighted by molar-refractivity contribution is 0.255. The Morgan fingerprint density at radius 1 is 1.10 bits per heavy atom. The Morgan fingerprint density at radius 3 is 2.87 bits per heavy atom. The molecule has 1 fully saturated rings. The minimum atomic E-state index is -0.298. The summed E-state index contributed by atoms with van der Waals surface area (Å²) >= 11 is 0. The minimum absolute atomic E-state index is 0.165. The van der Waals surface area contributed by atoms with Crippen molar-refractivity contribution in [1.82, 2.24) is 20.1 Å². The molecule has 6 nitrogen and oxygen atoms in total. The molecule has 1 aliphatic heterocycles. The molecule has 3 heterocycles. The Morgan fingerprint density at radius 2 is 1.97 bits per heavy atom. The van der Waals surface area contributed by atoms with E-state index in [4.69, 9.17) is 9.15 Å². The fraction of sp³-hybridized carbons (Fsp3) is 0.261. The van der Waals surface area contributed by atoms with Crippen LogP contribution < -0.4 is 4.74 Å². The van der Waals surface area contributed by atoms with Gasteiger partial charge in [0, 0.05) is 24.7 Å². The maximum absolute atomic E-state index is 13.0. The number of ether oxygens (including phenoxy) is 1. The predicted octanol–water partition coefficient (Wildman–Crippen LogP) is 4.33. The molecule has 152 valence electrons. The van der Waals surface area contributed by atoms with Crippen LogP contribution in [-0.2, 0) is 13.2 Å². The van der Waals surface area contributed by atoms with Gasteiger partial charge in [-0.25, -0.2) is 4.39 Å². The number of para-hydroxylation sites is 1. The van der Waals surface area contributed by atoms with Gasteiger partial charge in [-0.3, -0.25) is 9.88 Å². The number of aromatic nitrogens is 3. The molecule has 0 radical (unpaired) electrons. The zero-order chi connectivity index (χ0) is 20.3. The van der Waals surface area contributed by atoms with Gasteiger partial charge in [-0.05, 0) is 54.9 Å². The van der Waals surface area contributed by atoms with Gasteiger partial charge in [0.05, 0.1) is 11.4 Å². The third-order valence-corrected chi connectivity index (χ3v) is 5.33. The van der Waals surface area contributed by atoms with Gasteiger partial charge in [-0.2, -0.15) is 0 Å². The smallest absolute Gasteiger partial charge is 0.253 e. The molecule has 1 aliphatic rings. The Balaban J connectivity index is 1.18. The zero-order valence-electron chi connectivity index (χ0n) is 16.4. The van der Waals surface area contributed by atoms with Crippen molar-refractivity contribution in [2.75, 3.05) is 13.1 Å². The second-order valence-electron chi connectivity index (χ2n) is 7.53. The van der Waals surface area contributed by atoms with Crippen LogP contribution in [0.5, 0.6) is 5.75 Å². The average Bonchev–Trinajstić information content (AvgIpc) is 3.43. The van der Waals surface area contributed by atoms with Crippen molar-refractivity contribution < 1.29 is 13.5 Å². The summed E-state index contributed by atoms with van der Waals surface area (Å²) in [5.41, 5.74) is 2.22. The summed E-state index contributed by atoms with van der Waals surface area (Å²) in [5, 5.41) is 9.46. The first-order valence-corrected chi connectivity index (χ1v) is 9.99. The molecular formula is C23H21FN4O2. The number of likely N-dealkylation sites (tertiary alicyclic amines) is 1. The maximum Gasteiger partial charge on any atom is 0.253 e. The highest BCUT2D eigenvalue weighted by molar-refractivity contribution is 5.78. The Bertz CT molecular complexity index is 1150. The standard InChI is InChI=1S/C23H21FN4O2/c24-19-5-7-20(8-6-19)29-15-22-26-27-23(30-22)18-9-10-28(14-18)13-16-11-17-3-1-2-4-21(17)25-12-16/h1-8,11-12,18H,9-10,13-15H2.